The van der Waals surface area contributed by atoms with Gasteiger partial charge in [-0.25, -0.2) is 0 Å². The molecule has 0 saturated heterocycles. The molecule has 0 atom stereocenters. The molecule has 1 aromatic rings. The number of aryl methyl sites for hydroxylation is 1. The Balaban J connectivity index is 0.000000371. The summed E-state index contributed by atoms with van der Waals surface area (Å²) in [4.78, 5) is 0. The molecule has 0 bridgehead atoms. The molecule has 1 rings (SSSR count). The third-order valence-corrected chi connectivity index (χ3v) is 1.06. The summed E-state index contributed by atoms with van der Waals surface area (Å²) in [6, 6.07) is 4.04. The second-order valence-corrected chi connectivity index (χ2v) is 1.89. The van der Waals surface area contributed by atoms with Crippen LogP contribution < -0.4 is 4.57 Å². The lowest BCUT2D eigenvalue weighted by Gasteiger charge is -1.93. The maximum atomic E-state index is 3.68. The zero-order valence-electron chi connectivity index (χ0n) is 6.96. The van der Waals surface area contributed by atoms with Crippen LogP contribution in [0.15, 0.2) is 24.5 Å². The van der Waals surface area contributed by atoms with Crippen LogP contribution in [0.1, 0.15) is 19.4 Å². The van der Waals surface area contributed by atoms with Gasteiger partial charge in [0.15, 0.2) is 0 Å². The highest BCUT2D eigenvalue weighted by Crippen LogP contribution is 1.87. The van der Waals surface area contributed by atoms with Crippen LogP contribution in [0.25, 0.3) is 0 Å². The molecule has 1 nitrogen and oxygen atoms in total. The summed E-state index contributed by atoms with van der Waals surface area (Å²) in [5.41, 5.74) is 1.27. The molecule has 0 spiro atoms. The van der Waals surface area contributed by atoms with Gasteiger partial charge in [0.1, 0.15) is 0 Å². The number of nitrogens with zero attached hydrogens (tertiary/aromatic N) is 1. The first-order valence-corrected chi connectivity index (χ1v) is 3.58. The van der Waals surface area contributed by atoms with Crippen molar-refractivity contribution in [1.29, 1.82) is 0 Å². The van der Waals surface area contributed by atoms with Gasteiger partial charge in [-0.05, 0) is 6.92 Å². The van der Waals surface area contributed by atoms with E-state index in [0.717, 1.165) is 0 Å². The van der Waals surface area contributed by atoms with Crippen molar-refractivity contribution in [1.82, 2.24) is 0 Å². The molecule has 0 amide bonds. The first kappa shape index (κ1) is 9.02. The van der Waals surface area contributed by atoms with Gasteiger partial charge in [0.2, 0.25) is 0 Å². The first-order valence-electron chi connectivity index (χ1n) is 3.58. The molecule has 0 aromatic carbocycles. The molecule has 0 aliphatic rings. The minimum Gasteiger partial charge on any atom is -0.339 e. The van der Waals surface area contributed by atoms with Crippen molar-refractivity contribution in [2.24, 2.45) is 0 Å². The molecule has 1 aromatic heterocycles. The van der Waals surface area contributed by atoms with E-state index in [1.54, 1.807) is 4.57 Å². The van der Waals surface area contributed by atoms with Crippen molar-refractivity contribution in [2.45, 2.75) is 20.8 Å². The highest BCUT2D eigenvalue weighted by molar-refractivity contribution is 5.03. The average Bonchev–Trinajstić information content (AvgIpc) is 2.00. The fourth-order valence-electron chi connectivity index (χ4n) is 0.532. The summed E-state index contributed by atoms with van der Waals surface area (Å²) >= 11 is 0. The minimum absolute atomic E-state index is 1.27. The molecule has 1 heteroatoms. The van der Waals surface area contributed by atoms with E-state index < -0.39 is 0 Å². The average molecular weight is 137 g/mol. The molecule has 0 radical (unpaired) electrons. The summed E-state index contributed by atoms with van der Waals surface area (Å²) in [6.45, 7) is 6.06. The van der Waals surface area contributed by atoms with E-state index in [1.807, 2.05) is 38.4 Å². The van der Waals surface area contributed by atoms with E-state index in [4.69, 9.17) is 0 Å². The van der Waals surface area contributed by atoms with Crippen LogP contribution >= 0.6 is 0 Å². The molecular formula is C9H15N. The lowest BCUT2D eigenvalue weighted by atomic mass is 10.3. The molecule has 0 aliphatic carbocycles. The van der Waals surface area contributed by atoms with Crippen LogP contribution in [0.4, 0.5) is 0 Å². The van der Waals surface area contributed by atoms with Crippen LogP contribution in [-0.4, -0.2) is 0 Å². The maximum absolute atomic E-state index is 3.68. The Morgan fingerprint density at radius 2 is 1.60 bits per heavy atom. The molecule has 0 N–H and O–H groups in total. The van der Waals surface area contributed by atoms with Gasteiger partial charge in [-0.3, -0.25) is 0 Å². The number of rotatable bonds is 0. The Bertz CT molecular complexity index is 144. The normalized spacial score (nSPS) is 7.90. The van der Waals surface area contributed by atoms with Gasteiger partial charge in [-0.1, -0.05) is 31.5 Å². The summed E-state index contributed by atoms with van der Waals surface area (Å²) in [6.07, 6.45) is 3.85. The van der Waals surface area contributed by atoms with Crippen molar-refractivity contribution in [3.8, 4) is 0 Å². The molecule has 0 aliphatic heterocycles. The molecule has 1 heterocycles. The Morgan fingerprint density at radius 1 is 1.20 bits per heavy atom. The summed E-state index contributed by atoms with van der Waals surface area (Å²) < 4.78 is 1.77. The Labute approximate surface area is 63.3 Å². The fourth-order valence-corrected chi connectivity index (χ4v) is 0.532. The predicted octanol–water partition coefficient (Wildman–Crippen LogP) is 1.95. The van der Waals surface area contributed by atoms with Gasteiger partial charge in [-0.2, -0.15) is 0 Å². The van der Waals surface area contributed by atoms with Gasteiger partial charge in [0.25, 0.3) is 0 Å². The molecular weight excluding hydrogens is 122 g/mol. The van der Waals surface area contributed by atoms with Crippen LogP contribution in [0.5, 0.6) is 0 Å². The Kier molecular flexibility index (Phi) is 4.38. The minimum atomic E-state index is 1.27. The van der Waals surface area contributed by atoms with Crippen LogP contribution in [0.3, 0.4) is 0 Å². The van der Waals surface area contributed by atoms with Crippen molar-refractivity contribution in [3.63, 3.8) is 0 Å². The molecule has 0 fully saturated rings. The van der Waals surface area contributed by atoms with Crippen molar-refractivity contribution >= 4 is 0 Å². The molecule has 10 heavy (non-hydrogen) atoms. The second-order valence-electron chi connectivity index (χ2n) is 1.89. The zero-order valence-corrected chi connectivity index (χ0v) is 6.96. The van der Waals surface area contributed by atoms with E-state index in [9.17, 15) is 0 Å². The van der Waals surface area contributed by atoms with E-state index in [-0.39, 0.29) is 0 Å². The highest BCUT2D eigenvalue weighted by Gasteiger charge is 1.78. The lowest BCUT2D eigenvalue weighted by molar-refractivity contribution is -0.612. The fraction of sp³-hybridized carbons (Fsp3) is 0.333. The quantitative estimate of drug-likeness (QED) is 0.380. The second kappa shape index (κ2) is 4.86. The van der Waals surface area contributed by atoms with E-state index in [1.165, 1.54) is 5.56 Å². The Morgan fingerprint density at radius 3 is 1.90 bits per heavy atom. The van der Waals surface area contributed by atoms with Crippen molar-refractivity contribution in [3.05, 3.63) is 37.1 Å². The Hall–Kier alpha value is -0.980. The van der Waals surface area contributed by atoms with Crippen molar-refractivity contribution in [2.75, 3.05) is 0 Å². The summed E-state index contributed by atoms with van der Waals surface area (Å²) in [7, 11) is 3.68. The largest absolute Gasteiger partial charge is 0.339 e. The smallest absolute Gasteiger partial charge is 0.0692 e. The molecule has 0 unspecified atom stereocenters. The van der Waals surface area contributed by atoms with Gasteiger partial charge in [-0.15, -0.1) is 0 Å². The van der Waals surface area contributed by atoms with Crippen LogP contribution in [0.2, 0.25) is 0 Å². The summed E-state index contributed by atoms with van der Waals surface area (Å²) in [5.74, 6) is 0. The number of hydrogen-bond donors (Lipinski definition) is 0. The van der Waals surface area contributed by atoms with E-state index in [0.29, 0.717) is 0 Å². The standard InChI is InChI=1S/C7H9N.C2H6/c1-7-3-5-8(2)6-4-7;1-2/h3-6H,2H2,1H3;1-2H3. The topological polar surface area (TPSA) is 3.88 Å². The lowest BCUT2D eigenvalue weighted by Crippen LogP contribution is -2.22. The van der Waals surface area contributed by atoms with E-state index in [2.05, 4.69) is 14.0 Å². The number of hydrogen-bond acceptors (Lipinski definition) is 0. The van der Waals surface area contributed by atoms with Crippen LogP contribution in [0, 0.1) is 14.0 Å². The third-order valence-electron chi connectivity index (χ3n) is 1.06. The summed E-state index contributed by atoms with van der Waals surface area (Å²) in [5, 5.41) is 0. The molecule has 56 valence electrons. The van der Waals surface area contributed by atoms with Gasteiger partial charge in [0, 0.05) is 7.05 Å². The van der Waals surface area contributed by atoms with E-state index >= 15 is 0 Å². The number of pyridine rings is 1. The van der Waals surface area contributed by atoms with Gasteiger partial charge < -0.3 is 4.57 Å². The van der Waals surface area contributed by atoms with Gasteiger partial charge >= 0.3 is 0 Å². The zero-order chi connectivity index (χ0) is 7.98. The third kappa shape index (κ3) is 3.13. The maximum Gasteiger partial charge on any atom is 0.0692 e. The van der Waals surface area contributed by atoms with Crippen molar-refractivity contribution < 1.29 is 4.57 Å². The molecule has 0 saturated carbocycles. The monoisotopic (exact) mass is 137 g/mol. The first-order chi connectivity index (χ1) is 4.79. The van der Waals surface area contributed by atoms with Gasteiger partial charge in [0.05, 0.1) is 12.4 Å². The predicted molar refractivity (Wildman–Crippen MR) is 43.5 cm³/mol. The van der Waals surface area contributed by atoms with Crippen LogP contribution in [-0.2, 0) is 0 Å². The SMILES string of the molecule is CC.[CH2-][n+]1ccc(C)cc1. The highest BCUT2D eigenvalue weighted by atomic mass is 14.9. The number of aromatic nitrogens is 1.